The lowest BCUT2D eigenvalue weighted by Gasteiger charge is -2.37. The molecule has 4 heterocycles. The average molecular weight is 913 g/mol. The van der Waals surface area contributed by atoms with Crippen LogP contribution in [0.3, 0.4) is 0 Å². The largest absolute Gasteiger partial charge is 0.486 e. The second-order valence-corrected chi connectivity index (χ2v) is 19.7. The van der Waals surface area contributed by atoms with Gasteiger partial charge in [0.2, 0.25) is 11.5 Å². The first-order valence-electron chi connectivity index (χ1n) is 19.7. The Morgan fingerprint density at radius 1 is 0.729 bits per heavy atom. The lowest BCUT2D eigenvalue weighted by atomic mass is 10.2. The number of nitrogens with zero attached hydrogens (tertiary/aromatic N) is 7. The summed E-state index contributed by atoms with van der Waals surface area (Å²) >= 11 is 18.3. The van der Waals surface area contributed by atoms with E-state index in [2.05, 4.69) is 34.3 Å². The molecule has 2 aliphatic carbocycles. The lowest BCUT2D eigenvalue weighted by molar-refractivity contribution is 0.242. The molecule has 0 bridgehead atoms. The summed E-state index contributed by atoms with van der Waals surface area (Å²) in [5.74, 6) is 0.649. The van der Waals surface area contributed by atoms with E-state index in [-0.39, 0.29) is 46.7 Å². The Balaban J connectivity index is 0.000000199. The molecule has 59 heavy (non-hydrogen) atoms. The number of piperazine rings is 2. The molecule has 0 radical (unpaired) electrons. The van der Waals surface area contributed by atoms with Gasteiger partial charge in [-0.2, -0.15) is 19.6 Å². The van der Waals surface area contributed by atoms with Gasteiger partial charge < -0.3 is 29.1 Å². The molecule has 0 amide bonds. The highest BCUT2D eigenvalue weighted by Crippen LogP contribution is 2.56. The molecule has 8 rings (SSSR count). The minimum atomic E-state index is -3.33. The highest BCUT2D eigenvalue weighted by Gasteiger charge is 2.40. The second kappa shape index (κ2) is 19.2. The van der Waals surface area contributed by atoms with Gasteiger partial charge in [0.15, 0.2) is 0 Å². The summed E-state index contributed by atoms with van der Waals surface area (Å²) in [6, 6.07) is 14.1. The molecule has 320 valence electrons. The SMILES string of the molecule is CC1(COc2c(N3CCNCC3)cnn(-c3cccc(Cl)c3)c2=O)CC1.CCOP(=O)(Cl)N1CCN(c2cnn(-c3cccc(Cl)c3)c(=O)c2OCC2(C)CC2)CC1.Cl. The van der Waals surface area contributed by atoms with Crippen LogP contribution in [0.15, 0.2) is 70.5 Å². The van der Waals surface area contributed by atoms with E-state index in [1.54, 1.807) is 60.4 Å². The second-order valence-electron chi connectivity index (χ2n) is 15.9. The fourth-order valence-corrected chi connectivity index (χ4v) is 8.95. The van der Waals surface area contributed by atoms with Crippen molar-refractivity contribution >= 4 is 65.1 Å². The molecule has 0 spiro atoms. The number of nitrogens with one attached hydrogen (secondary N) is 1. The van der Waals surface area contributed by atoms with Crippen molar-refractivity contribution in [3.05, 3.63) is 91.7 Å². The summed E-state index contributed by atoms with van der Waals surface area (Å²) in [4.78, 5) is 30.8. The van der Waals surface area contributed by atoms with Crippen molar-refractivity contribution < 1.29 is 18.6 Å². The molecular weight excluding hydrogens is 861 g/mol. The summed E-state index contributed by atoms with van der Waals surface area (Å²) in [6.07, 6.45) is 7.82. The van der Waals surface area contributed by atoms with Crippen LogP contribution >= 0.6 is 53.7 Å². The molecular formula is C40H51Cl4N8O6P. The maximum absolute atomic E-state index is 13.4. The number of hydrogen-bond donors (Lipinski definition) is 1. The normalized spacial score (nSPS) is 19.1. The Labute approximate surface area is 365 Å². The molecule has 4 fully saturated rings. The van der Waals surface area contributed by atoms with Crippen LogP contribution in [0.1, 0.15) is 46.5 Å². The standard InChI is InChI=1S/C21H27Cl2N4O4P.C19H23ClN4O2.ClH/c1-3-31-32(23,29)26-11-9-25(10-12-26)18-14-24-27(17-6-4-5-16(22)13-17)20(28)19(18)30-15-21(2)7-8-21;1-19(5-6-19)13-26-17-16(23-9-7-21-8-10-23)12-22-24(18(17)25)15-4-2-3-14(20)11-15;/h4-6,13-14H,3,7-12,15H2,1-2H3;2-4,11-12,21H,5-10,13H2,1H3;1H. The average Bonchev–Trinajstić information content (AvgIpc) is 4.15. The van der Waals surface area contributed by atoms with Crippen LogP contribution in [-0.2, 0) is 9.09 Å². The smallest absolute Gasteiger partial charge is 0.363 e. The van der Waals surface area contributed by atoms with E-state index >= 15 is 0 Å². The fourth-order valence-electron chi connectivity index (χ4n) is 6.69. The van der Waals surface area contributed by atoms with E-state index < -0.39 is 6.87 Å². The van der Waals surface area contributed by atoms with Crippen LogP contribution in [-0.4, -0.2) is 96.4 Å². The zero-order chi connectivity index (χ0) is 41.1. The van der Waals surface area contributed by atoms with Crippen LogP contribution in [0.4, 0.5) is 11.4 Å². The molecule has 4 aliphatic rings. The first-order chi connectivity index (χ1) is 27.8. The molecule has 2 aromatic heterocycles. The van der Waals surface area contributed by atoms with Gasteiger partial charge in [0.1, 0.15) is 11.4 Å². The summed E-state index contributed by atoms with van der Waals surface area (Å²) in [5, 5.41) is 13.2. The number of benzene rings is 2. The van der Waals surface area contributed by atoms with Crippen molar-refractivity contribution in [2.45, 2.75) is 46.5 Å². The number of hydrogen-bond acceptors (Lipinski definition) is 11. The van der Waals surface area contributed by atoms with E-state index in [9.17, 15) is 14.2 Å². The Morgan fingerprint density at radius 3 is 1.58 bits per heavy atom. The third-order valence-corrected chi connectivity index (χ3v) is 14.0. The summed E-state index contributed by atoms with van der Waals surface area (Å²) in [6.45, 7) is 9.40. The number of rotatable bonds is 13. The predicted octanol–water partition coefficient (Wildman–Crippen LogP) is 7.47. The molecule has 2 aromatic carbocycles. The first-order valence-corrected chi connectivity index (χ1v) is 22.9. The van der Waals surface area contributed by atoms with Gasteiger partial charge in [0.05, 0.1) is 43.6 Å². The molecule has 1 atom stereocenters. The molecule has 19 heteroatoms. The molecule has 2 aliphatic heterocycles. The number of ether oxygens (including phenoxy) is 2. The van der Waals surface area contributed by atoms with E-state index in [1.807, 2.05) is 17.0 Å². The van der Waals surface area contributed by atoms with Crippen LogP contribution < -0.4 is 35.7 Å². The summed E-state index contributed by atoms with van der Waals surface area (Å²) < 4.78 is 34.3. The summed E-state index contributed by atoms with van der Waals surface area (Å²) in [5.41, 5.74) is 2.32. The summed E-state index contributed by atoms with van der Waals surface area (Å²) in [7, 11) is 0. The molecule has 2 saturated heterocycles. The third kappa shape index (κ3) is 11.1. The molecule has 2 saturated carbocycles. The molecule has 1 N–H and O–H groups in total. The highest BCUT2D eigenvalue weighted by molar-refractivity contribution is 7.83. The van der Waals surface area contributed by atoms with E-state index in [1.165, 1.54) is 9.36 Å². The minimum Gasteiger partial charge on any atom is -0.486 e. The van der Waals surface area contributed by atoms with Crippen molar-refractivity contribution in [1.82, 2.24) is 29.5 Å². The molecule has 4 aromatic rings. The first kappa shape index (κ1) is 45.2. The van der Waals surface area contributed by atoms with Crippen LogP contribution in [0.5, 0.6) is 11.5 Å². The van der Waals surface area contributed by atoms with E-state index in [0.717, 1.165) is 57.5 Å². The topological polar surface area (TPSA) is 136 Å². The number of aromatic nitrogens is 4. The van der Waals surface area contributed by atoms with Crippen molar-refractivity contribution in [2.24, 2.45) is 10.8 Å². The van der Waals surface area contributed by atoms with Crippen molar-refractivity contribution in [3.63, 3.8) is 0 Å². The predicted molar refractivity (Wildman–Crippen MR) is 237 cm³/mol. The number of anilines is 2. The maximum atomic E-state index is 13.4. The van der Waals surface area contributed by atoms with Gasteiger partial charge >= 0.3 is 18.0 Å². The Bertz CT molecular complexity index is 2260. The van der Waals surface area contributed by atoms with Gasteiger partial charge in [-0.25, -0.2) is 4.67 Å². The van der Waals surface area contributed by atoms with Crippen molar-refractivity contribution in [3.8, 4) is 22.9 Å². The van der Waals surface area contributed by atoms with Gasteiger partial charge in [0, 0.05) is 73.2 Å². The van der Waals surface area contributed by atoms with Crippen LogP contribution in [0.25, 0.3) is 11.4 Å². The van der Waals surface area contributed by atoms with Crippen LogP contribution in [0, 0.1) is 10.8 Å². The van der Waals surface area contributed by atoms with Crippen molar-refractivity contribution in [2.75, 3.05) is 82.0 Å². The van der Waals surface area contributed by atoms with E-state index in [0.29, 0.717) is 72.2 Å². The molecule has 14 nitrogen and oxygen atoms in total. The van der Waals surface area contributed by atoms with E-state index in [4.69, 9.17) is 48.4 Å². The quantitative estimate of drug-likeness (QED) is 0.133. The minimum absolute atomic E-state index is 0. The van der Waals surface area contributed by atoms with Gasteiger partial charge in [-0.15, -0.1) is 12.4 Å². The fraction of sp³-hybridized carbons (Fsp3) is 0.500. The molecule has 1 unspecified atom stereocenters. The maximum Gasteiger partial charge on any atom is 0.363 e. The Kier molecular flexibility index (Phi) is 14.7. The number of halogens is 4. The Hall–Kier alpha value is -3.33. The van der Waals surface area contributed by atoms with Crippen molar-refractivity contribution in [1.29, 1.82) is 0 Å². The Morgan fingerprint density at radius 2 is 1.17 bits per heavy atom. The van der Waals surface area contributed by atoms with Gasteiger partial charge in [-0.3, -0.25) is 14.2 Å². The van der Waals surface area contributed by atoms with Gasteiger partial charge in [-0.05, 0) is 80.2 Å². The van der Waals surface area contributed by atoms with Gasteiger partial charge in [-0.1, -0.05) is 49.2 Å². The monoisotopic (exact) mass is 910 g/mol. The lowest BCUT2D eigenvalue weighted by Crippen LogP contribution is -2.45. The van der Waals surface area contributed by atoms with Gasteiger partial charge in [0.25, 0.3) is 0 Å². The zero-order valence-electron chi connectivity index (χ0n) is 33.4. The zero-order valence-corrected chi connectivity index (χ0v) is 37.4. The van der Waals surface area contributed by atoms with Crippen LogP contribution in [0.2, 0.25) is 10.0 Å². The highest BCUT2D eigenvalue weighted by atomic mass is 35.7. The third-order valence-electron chi connectivity index (χ3n) is 11.0.